The van der Waals surface area contributed by atoms with Gasteiger partial charge in [-0.15, -0.1) is 0 Å². The molecule has 1 rings (SSSR count). The largest absolute Gasteiger partial charge is 0.495 e. The molecule has 0 aliphatic carbocycles. The molecule has 1 atom stereocenters. The van der Waals surface area contributed by atoms with E-state index in [4.69, 9.17) is 9.84 Å². The maximum atomic E-state index is 8.81. The zero-order valence-electron chi connectivity index (χ0n) is 6.55. The zero-order chi connectivity index (χ0) is 7.56. The van der Waals surface area contributed by atoms with Gasteiger partial charge in [0.05, 0.1) is 18.5 Å². The van der Waals surface area contributed by atoms with Crippen LogP contribution in [0.15, 0.2) is 11.3 Å². The van der Waals surface area contributed by atoms with Crippen LogP contribution >= 0.6 is 0 Å². The van der Waals surface area contributed by atoms with Crippen LogP contribution in [0.3, 0.4) is 0 Å². The van der Waals surface area contributed by atoms with Crippen molar-refractivity contribution >= 4 is 0 Å². The predicted octanol–water partition coefficient (Wildman–Crippen LogP) is 1.45. The summed E-state index contributed by atoms with van der Waals surface area (Å²) < 4.78 is 5.41. The van der Waals surface area contributed by atoms with Crippen LogP contribution in [-0.2, 0) is 4.74 Å². The van der Waals surface area contributed by atoms with Gasteiger partial charge in [-0.2, -0.15) is 0 Å². The fourth-order valence-corrected chi connectivity index (χ4v) is 1.19. The summed E-state index contributed by atoms with van der Waals surface area (Å²) in [5.74, 6) is 0.918. The van der Waals surface area contributed by atoms with Crippen molar-refractivity contribution in [1.29, 1.82) is 0 Å². The highest BCUT2D eigenvalue weighted by Gasteiger charge is 2.14. The van der Waals surface area contributed by atoms with E-state index in [1.165, 1.54) is 0 Å². The average Bonchev–Trinajstić information content (AvgIpc) is 1.88. The highest BCUT2D eigenvalue weighted by atomic mass is 16.5. The molecule has 0 bridgehead atoms. The van der Waals surface area contributed by atoms with Crippen molar-refractivity contribution in [1.82, 2.24) is 0 Å². The molecule has 0 saturated heterocycles. The molecule has 0 amide bonds. The number of hydrogen-bond donors (Lipinski definition) is 1. The molecular weight excluding hydrogens is 128 g/mol. The van der Waals surface area contributed by atoms with E-state index >= 15 is 0 Å². The van der Waals surface area contributed by atoms with Gasteiger partial charge in [0.15, 0.2) is 0 Å². The first-order chi connectivity index (χ1) is 4.74. The molecule has 1 unspecified atom stereocenters. The van der Waals surface area contributed by atoms with Gasteiger partial charge in [-0.3, -0.25) is 0 Å². The minimum absolute atomic E-state index is 0.151. The summed E-state index contributed by atoms with van der Waals surface area (Å²) in [5.41, 5.74) is 1.05. The van der Waals surface area contributed by atoms with Gasteiger partial charge in [0.25, 0.3) is 0 Å². The van der Waals surface area contributed by atoms with Gasteiger partial charge in [-0.05, 0) is 32.3 Å². The van der Waals surface area contributed by atoms with Crippen LogP contribution in [0.1, 0.15) is 26.7 Å². The van der Waals surface area contributed by atoms with Crippen molar-refractivity contribution in [3.8, 4) is 0 Å². The normalized spacial score (nSPS) is 26.5. The number of aliphatic hydroxyl groups excluding tert-OH is 1. The Morgan fingerprint density at radius 2 is 2.40 bits per heavy atom. The van der Waals surface area contributed by atoms with E-state index < -0.39 is 0 Å². The van der Waals surface area contributed by atoms with Crippen LogP contribution in [0.2, 0.25) is 0 Å². The Labute approximate surface area is 61.5 Å². The Morgan fingerprint density at radius 3 is 2.90 bits per heavy atom. The van der Waals surface area contributed by atoms with Crippen molar-refractivity contribution in [2.45, 2.75) is 32.8 Å². The standard InChI is InChI=1S/C8H14O2/c1-6-3-4-8(5-9)7(2)10-6/h6,9H,3-5H2,1-2H3. The van der Waals surface area contributed by atoms with Gasteiger partial charge in [0.2, 0.25) is 0 Å². The molecular formula is C8H14O2. The van der Waals surface area contributed by atoms with E-state index in [1.807, 2.05) is 6.92 Å². The molecule has 0 aromatic carbocycles. The van der Waals surface area contributed by atoms with E-state index in [0.29, 0.717) is 6.10 Å². The van der Waals surface area contributed by atoms with Gasteiger partial charge in [0, 0.05) is 0 Å². The lowest BCUT2D eigenvalue weighted by Gasteiger charge is -2.23. The number of aliphatic hydroxyl groups is 1. The van der Waals surface area contributed by atoms with Crippen LogP contribution in [-0.4, -0.2) is 17.8 Å². The highest BCUT2D eigenvalue weighted by Crippen LogP contribution is 2.22. The van der Waals surface area contributed by atoms with Crippen LogP contribution in [0.5, 0.6) is 0 Å². The molecule has 1 heterocycles. The molecule has 0 saturated carbocycles. The Hall–Kier alpha value is -0.500. The lowest BCUT2D eigenvalue weighted by molar-refractivity contribution is 0.101. The topological polar surface area (TPSA) is 29.5 Å². The second-order valence-corrected chi connectivity index (χ2v) is 2.78. The van der Waals surface area contributed by atoms with Gasteiger partial charge in [0.1, 0.15) is 0 Å². The molecule has 10 heavy (non-hydrogen) atoms. The molecule has 0 spiro atoms. The molecule has 2 heteroatoms. The first-order valence-electron chi connectivity index (χ1n) is 3.70. The maximum absolute atomic E-state index is 8.81. The van der Waals surface area contributed by atoms with Gasteiger partial charge in [-0.1, -0.05) is 0 Å². The lowest BCUT2D eigenvalue weighted by Crippen LogP contribution is -2.15. The first-order valence-corrected chi connectivity index (χ1v) is 3.70. The fraction of sp³-hybridized carbons (Fsp3) is 0.750. The van der Waals surface area contributed by atoms with Crippen molar-refractivity contribution in [3.63, 3.8) is 0 Å². The lowest BCUT2D eigenvalue weighted by atomic mass is 10.0. The van der Waals surface area contributed by atoms with Crippen LogP contribution in [0.4, 0.5) is 0 Å². The van der Waals surface area contributed by atoms with Gasteiger partial charge >= 0.3 is 0 Å². The second kappa shape index (κ2) is 3.06. The number of ether oxygens (including phenoxy) is 1. The summed E-state index contributed by atoms with van der Waals surface area (Å²) in [6, 6.07) is 0. The summed E-state index contributed by atoms with van der Waals surface area (Å²) in [6.07, 6.45) is 2.35. The Bertz CT molecular complexity index is 149. The smallest absolute Gasteiger partial charge is 0.0957 e. The van der Waals surface area contributed by atoms with E-state index in [2.05, 4.69) is 6.92 Å². The summed E-state index contributed by atoms with van der Waals surface area (Å²) in [4.78, 5) is 0. The van der Waals surface area contributed by atoms with Crippen molar-refractivity contribution in [2.24, 2.45) is 0 Å². The third kappa shape index (κ3) is 1.51. The van der Waals surface area contributed by atoms with Crippen LogP contribution in [0, 0.1) is 0 Å². The summed E-state index contributed by atoms with van der Waals surface area (Å²) in [6.45, 7) is 4.12. The van der Waals surface area contributed by atoms with Gasteiger partial charge < -0.3 is 9.84 Å². The van der Waals surface area contributed by atoms with Crippen molar-refractivity contribution in [2.75, 3.05) is 6.61 Å². The van der Waals surface area contributed by atoms with Crippen LogP contribution < -0.4 is 0 Å². The molecule has 0 radical (unpaired) electrons. The molecule has 0 fully saturated rings. The summed E-state index contributed by atoms with van der Waals surface area (Å²) in [7, 11) is 0. The average molecular weight is 142 g/mol. The number of rotatable bonds is 1. The second-order valence-electron chi connectivity index (χ2n) is 2.78. The molecule has 2 nitrogen and oxygen atoms in total. The third-order valence-electron chi connectivity index (χ3n) is 1.92. The minimum atomic E-state index is 0.151. The maximum Gasteiger partial charge on any atom is 0.0957 e. The van der Waals surface area contributed by atoms with E-state index in [9.17, 15) is 0 Å². The molecule has 1 aliphatic rings. The number of hydrogen-bond acceptors (Lipinski definition) is 2. The Kier molecular flexibility index (Phi) is 2.33. The van der Waals surface area contributed by atoms with Crippen molar-refractivity contribution in [3.05, 3.63) is 11.3 Å². The molecule has 58 valence electrons. The third-order valence-corrected chi connectivity index (χ3v) is 1.92. The zero-order valence-corrected chi connectivity index (χ0v) is 6.55. The predicted molar refractivity (Wildman–Crippen MR) is 39.6 cm³/mol. The first kappa shape index (κ1) is 7.61. The molecule has 0 aromatic rings. The van der Waals surface area contributed by atoms with E-state index in [0.717, 1.165) is 24.2 Å². The minimum Gasteiger partial charge on any atom is -0.495 e. The quantitative estimate of drug-likeness (QED) is 0.600. The summed E-state index contributed by atoms with van der Waals surface area (Å²) in [5, 5.41) is 8.81. The van der Waals surface area contributed by atoms with Crippen LogP contribution in [0.25, 0.3) is 0 Å². The fourth-order valence-electron chi connectivity index (χ4n) is 1.19. The summed E-state index contributed by atoms with van der Waals surface area (Å²) >= 11 is 0. The van der Waals surface area contributed by atoms with Crippen molar-refractivity contribution < 1.29 is 9.84 Å². The Morgan fingerprint density at radius 1 is 1.70 bits per heavy atom. The molecule has 1 aliphatic heterocycles. The van der Waals surface area contributed by atoms with Gasteiger partial charge in [-0.25, -0.2) is 0 Å². The molecule has 0 aromatic heterocycles. The molecule has 1 N–H and O–H groups in total. The SMILES string of the molecule is CC1=C(CO)CCC(C)O1. The van der Waals surface area contributed by atoms with E-state index in [1.54, 1.807) is 0 Å². The van der Waals surface area contributed by atoms with E-state index in [-0.39, 0.29) is 6.61 Å². The monoisotopic (exact) mass is 142 g/mol. The number of allylic oxidation sites excluding steroid dienone is 1. The Balaban J connectivity index is 2.61. The highest BCUT2D eigenvalue weighted by molar-refractivity contribution is 5.09.